The van der Waals surface area contributed by atoms with Gasteiger partial charge in [0.2, 0.25) is 0 Å². The summed E-state index contributed by atoms with van der Waals surface area (Å²) in [5, 5.41) is 0. The first-order valence-corrected chi connectivity index (χ1v) is 4.62. The molecule has 1 aliphatic heterocycles. The molecule has 0 saturated heterocycles. The van der Waals surface area contributed by atoms with E-state index in [0.717, 1.165) is 5.90 Å². The maximum Gasteiger partial charge on any atom is 0.363 e. The van der Waals surface area contributed by atoms with Crippen LogP contribution in [0.1, 0.15) is 13.8 Å². The zero-order valence-corrected chi connectivity index (χ0v) is 9.47. The van der Waals surface area contributed by atoms with E-state index in [-0.39, 0.29) is 5.60 Å². The van der Waals surface area contributed by atoms with Crippen LogP contribution in [-0.2, 0) is 4.74 Å². The van der Waals surface area contributed by atoms with Crippen LogP contribution in [0.3, 0.4) is 0 Å². The van der Waals surface area contributed by atoms with Crippen LogP contribution in [0.5, 0.6) is 0 Å². The van der Waals surface area contributed by atoms with Crippen LogP contribution in [0.15, 0.2) is 9.66 Å². The molecule has 0 amide bonds. The van der Waals surface area contributed by atoms with Crippen LogP contribution < -0.4 is 0 Å². The minimum absolute atomic E-state index is 0.125. The third kappa shape index (κ3) is 1.75. The van der Waals surface area contributed by atoms with Crippen molar-refractivity contribution in [3.63, 3.8) is 0 Å². The van der Waals surface area contributed by atoms with E-state index in [2.05, 4.69) is 42.5 Å². The van der Waals surface area contributed by atoms with Crippen molar-refractivity contribution in [3.05, 3.63) is 9.66 Å². The second kappa shape index (κ2) is 2.77. The lowest BCUT2D eigenvalue weighted by molar-refractivity contribution is -0.474. The van der Waals surface area contributed by atoms with Gasteiger partial charge >= 0.3 is 5.90 Å². The van der Waals surface area contributed by atoms with E-state index >= 15 is 0 Å². The quantitative estimate of drug-likeness (QED) is 0.481. The number of rotatable bonds is 0. The first-order chi connectivity index (χ1) is 4.93. The van der Waals surface area contributed by atoms with Gasteiger partial charge in [0.25, 0.3) is 0 Å². The van der Waals surface area contributed by atoms with Gasteiger partial charge in [-0.3, -0.25) is 0 Å². The van der Waals surface area contributed by atoms with E-state index in [0.29, 0.717) is 0 Å². The molecule has 0 saturated carbocycles. The van der Waals surface area contributed by atoms with E-state index in [1.54, 1.807) is 0 Å². The summed E-state index contributed by atoms with van der Waals surface area (Å²) in [5.74, 6) is 0.944. The van der Waals surface area contributed by atoms with Crippen molar-refractivity contribution in [2.45, 2.75) is 19.4 Å². The number of nitrogens with zero attached hydrogens (tertiary/aromatic N) is 1. The third-order valence-electron chi connectivity index (χ3n) is 1.63. The van der Waals surface area contributed by atoms with Crippen LogP contribution in [-0.4, -0.2) is 30.2 Å². The normalized spacial score (nSPS) is 21.2. The van der Waals surface area contributed by atoms with E-state index in [1.807, 2.05) is 18.7 Å². The molecule has 0 aromatic heterocycles. The van der Waals surface area contributed by atoms with Crippen molar-refractivity contribution in [1.82, 2.24) is 0 Å². The molecule has 1 rings (SSSR count). The molecule has 0 aromatic rings. The molecule has 0 aromatic carbocycles. The Morgan fingerprint density at radius 3 is 2.18 bits per heavy atom. The predicted octanol–water partition coefficient (Wildman–Crippen LogP) is 1.78. The average molecular weight is 266 g/mol. The van der Waals surface area contributed by atoms with Gasteiger partial charge in [-0.2, -0.15) is 0 Å². The van der Waals surface area contributed by atoms with Crippen molar-refractivity contribution in [1.29, 1.82) is 0 Å². The Balaban J connectivity index is 2.97. The fraction of sp³-hybridized carbons (Fsp3) is 0.625. The molecule has 0 bridgehead atoms. The topological polar surface area (TPSA) is 12.2 Å². The lowest BCUT2D eigenvalue weighted by Crippen LogP contribution is -2.23. The second-order valence-electron chi connectivity index (χ2n) is 3.34. The van der Waals surface area contributed by atoms with Crippen molar-refractivity contribution >= 4 is 28.5 Å². The highest BCUT2D eigenvalue weighted by molar-refractivity contribution is 14.1. The molecule has 11 heavy (non-hydrogen) atoms. The van der Waals surface area contributed by atoms with E-state index in [4.69, 9.17) is 4.74 Å². The summed E-state index contributed by atoms with van der Waals surface area (Å²) in [5.41, 5.74) is -0.125. The Morgan fingerprint density at radius 1 is 1.45 bits per heavy atom. The Hall–Kier alpha value is -0.0600. The van der Waals surface area contributed by atoms with Crippen molar-refractivity contribution in [2.75, 3.05) is 14.1 Å². The number of halogens is 1. The van der Waals surface area contributed by atoms with Gasteiger partial charge in [0.05, 0.1) is 6.08 Å². The summed E-state index contributed by atoms with van der Waals surface area (Å²) < 4.78 is 8.89. The summed E-state index contributed by atoms with van der Waals surface area (Å²) in [6, 6.07) is 0. The number of ether oxygens (including phenoxy) is 1. The Labute approximate surface area is 81.1 Å². The summed E-state index contributed by atoms with van der Waals surface area (Å²) in [6.45, 7) is 4.14. The maximum atomic E-state index is 5.66. The molecule has 0 aliphatic carbocycles. The summed E-state index contributed by atoms with van der Waals surface area (Å²) in [7, 11) is 3.97. The summed E-state index contributed by atoms with van der Waals surface area (Å²) in [6.07, 6.45) is 2.07. The lowest BCUT2D eigenvalue weighted by atomic mass is 10.1. The van der Waals surface area contributed by atoms with Crippen LogP contribution >= 0.6 is 22.6 Å². The molecular weight excluding hydrogens is 253 g/mol. The Morgan fingerprint density at radius 2 is 2.00 bits per heavy atom. The van der Waals surface area contributed by atoms with Crippen LogP contribution in [0.2, 0.25) is 0 Å². The highest BCUT2D eigenvalue weighted by atomic mass is 127. The highest BCUT2D eigenvalue weighted by Gasteiger charge is 2.34. The molecule has 1 heterocycles. The second-order valence-corrected chi connectivity index (χ2v) is 4.50. The van der Waals surface area contributed by atoms with E-state index < -0.39 is 0 Å². The van der Waals surface area contributed by atoms with Crippen LogP contribution in [0, 0.1) is 0 Å². The minimum atomic E-state index is -0.125. The number of hydrogen-bond donors (Lipinski definition) is 0. The van der Waals surface area contributed by atoms with Crippen molar-refractivity contribution < 1.29 is 9.31 Å². The predicted molar refractivity (Wildman–Crippen MR) is 54.4 cm³/mol. The first-order valence-electron chi connectivity index (χ1n) is 3.54. The van der Waals surface area contributed by atoms with Crippen LogP contribution in [0.25, 0.3) is 0 Å². The van der Waals surface area contributed by atoms with Gasteiger partial charge in [-0.15, -0.1) is 0 Å². The SMILES string of the molecule is C[N+](C)=C1C=C(I)C(C)(C)O1. The smallest absolute Gasteiger partial charge is 0.363 e. The largest absolute Gasteiger partial charge is 0.433 e. The first kappa shape index (κ1) is 9.03. The highest BCUT2D eigenvalue weighted by Crippen LogP contribution is 2.32. The van der Waals surface area contributed by atoms with Crippen molar-refractivity contribution in [3.8, 4) is 0 Å². The summed E-state index contributed by atoms with van der Waals surface area (Å²) >= 11 is 2.31. The minimum Gasteiger partial charge on any atom is -0.433 e. The average Bonchev–Trinajstić information content (AvgIpc) is 2.08. The van der Waals surface area contributed by atoms with Gasteiger partial charge in [-0.25, -0.2) is 4.58 Å². The molecule has 0 radical (unpaired) electrons. The van der Waals surface area contributed by atoms with E-state index in [9.17, 15) is 0 Å². The van der Waals surface area contributed by atoms with Gasteiger partial charge in [0, 0.05) is 3.58 Å². The Bertz CT molecular complexity index is 236. The maximum absolute atomic E-state index is 5.66. The van der Waals surface area contributed by atoms with Gasteiger partial charge in [0.15, 0.2) is 0 Å². The molecule has 62 valence electrons. The van der Waals surface area contributed by atoms with Gasteiger partial charge in [0.1, 0.15) is 19.7 Å². The molecule has 0 unspecified atom stereocenters. The zero-order chi connectivity index (χ0) is 8.65. The molecule has 0 N–H and O–H groups in total. The Kier molecular flexibility index (Phi) is 2.27. The molecule has 2 nitrogen and oxygen atoms in total. The standard InChI is InChI=1S/C8H13INO/c1-8(2)6(9)5-7(11-8)10(3)4/h5H,1-4H3/q+1. The zero-order valence-electron chi connectivity index (χ0n) is 7.31. The molecule has 0 atom stereocenters. The molecule has 0 fully saturated rings. The van der Waals surface area contributed by atoms with Gasteiger partial charge < -0.3 is 4.74 Å². The lowest BCUT2D eigenvalue weighted by Gasteiger charge is -2.17. The molecule has 0 spiro atoms. The van der Waals surface area contributed by atoms with Crippen molar-refractivity contribution in [2.24, 2.45) is 0 Å². The van der Waals surface area contributed by atoms with Gasteiger partial charge in [-0.05, 0) is 36.4 Å². The molecular formula is C8H13INO+. The third-order valence-corrected chi connectivity index (χ3v) is 3.24. The molecule has 1 aliphatic rings. The van der Waals surface area contributed by atoms with Crippen LogP contribution in [0.4, 0.5) is 0 Å². The number of hydrogen-bond acceptors (Lipinski definition) is 1. The van der Waals surface area contributed by atoms with E-state index in [1.165, 1.54) is 3.58 Å². The summed E-state index contributed by atoms with van der Waals surface area (Å²) in [4.78, 5) is 0. The molecule has 3 heteroatoms. The fourth-order valence-electron chi connectivity index (χ4n) is 0.842. The van der Waals surface area contributed by atoms with Gasteiger partial charge in [-0.1, -0.05) is 0 Å². The fourth-order valence-corrected chi connectivity index (χ4v) is 1.22. The monoisotopic (exact) mass is 266 g/mol.